The van der Waals surface area contributed by atoms with Gasteiger partial charge in [-0.05, 0) is 177 Å². The van der Waals surface area contributed by atoms with Crippen LogP contribution in [0, 0.1) is 41.5 Å². The van der Waals surface area contributed by atoms with Gasteiger partial charge in [0.15, 0.2) is 0 Å². The molecular weight excluding hydrogens is 721 g/mol. The summed E-state index contributed by atoms with van der Waals surface area (Å²) in [6, 6.07) is 69.2. The van der Waals surface area contributed by atoms with E-state index in [1.165, 1.54) is 132 Å². The summed E-state index contributed by atoms with van der Waals surface area (Å²) < 4.78 is 0. The van der Waals surface area contributed by atoms with Crippen molar-refractivity contribution < 1.29 is 0 Å². The van der Waals surface area contributed by atoms with E-state index in [0.29, 0.717) is 0 Å². The van der Waals surface area contributed by atoms with Gasteiger partial charge in [0.05, 0.1) is 0 Å². The van der Waals surface area contributed by atoms with E-state index >= 15 is 0 Å². The molecule has 0 fully saturated rings. The number of aryl methyl sites for hydroxylation is 6. The van der Waals surface area contributed by atoms with Gasteiger partial charge in [-0.15, -0.1) is 0 Å². The molecule has 0 saturated heterocycles. The molecular formula is C60H48. The molecule has 10 rings (SSSR count). The lowest BCUT2D eigenvalue weighted by Gasteiger charge is -2.21. The number of rotatable bonds is 6. The first-order valence-electron chi connectivity index (χ1n) is 21.1. The van der Waals surface area contributed by atoms with E-state index in [9.17, 15) is 0 Å². The van der Waals surface area contributed by atoms with Crippen LogP contribution >= 0.6 is 0 Å². The van der Waals surface area contributed by atoms with Gasteiger partial charge >= 0.3 is 0 Å². The lowest BCUT2D eigenvalue weighted by molar-refractivity contribution is 1.46. The third-order valence-electron chi connectivity index (χ3n) is 12.5. The summed E-state index contributed by atoms with van der Waals surface area (Å²) in [5.41, 5.74) is 22.3. The van der Waals surface area contributed by atoms with E-state index in [-0.39, 0.29) is 0 Å². The van der Waals surface area contributed by atoms with Crippen LogP contribution in [0.1, 0.15) is 33.4 Å². The van der Waals surface area contributed by atoms with Crippen molar-refractivity contribution in [2.24, 2.45) is 0 Å². The summed E-state index contributed by atoms with van der Waals surface area (Å²) in [5.74, 6) is 0. The lowest BCUT2D eigenvalue weighted by atomic mass is 9.82. The first kappa shape index (κ1) is 37.3. The molecule has 10 aromatic carbocycles. The van der Waals surface area contributed by atoms with Gasteiger partial charge in [-0.3, -0.25) is 0 Å². The largest absolute Gasteiger partial charge is 0.0587 e. The minimum absolute atomic E-state index is 1.22. The van der Waals surface area contributed by atoms with Crippen LogP contribution in [-0.2, 0) is 0 Å². The highest BCUT2D eigenvalue weighted by Crippen LogP contribution is 2.48. The Morgan fingerprint density at radius 1 is 0.167 bits per heavy atom. The molecule has 0 amide bonds. The fourth-order valence-corrected chi connectivity index (χ4v) is 8.97. The molecule has 0 atom stereocenters. The summed E-state index contributed by atoms with van der Waals surface area (Å²) in [7, 11) is 0. The van der Waals surface area contributed by atoms with Crippen molar-refractivity contribution in [3.8, 4) is 66.8 Å². The van der Waals surface area contributed by atoms with Crippen LogP contribution in [0.4, 0.5) is 0 Å². The van der Waals surface area contributed by atoms with Crippen LogP contribution in [-0.4, -0.2) is 0 Å². The van der Waals surface area contributed by atoms with Gasteiger partial charge in [-0.2, -0.15) is 0 Å². The van der Waals surface area contributed by atoms with Gasteiger partial charge in [-0.25, -0.2) is 0 Å². The van der Waals surface area contributed by atoms with Gasteiger partial charge in [0.1, 0.15) is 0 Å². The Bertz CT molecular complexity index is 2610. The molecule has 60 heavy (non-hydrogen) atoms. The fourth-order valence-electron chi connectivity index (χ4n) is 8.97. The number of hydrogen-bond acceptors (Lipinski definition) is 0. The minimum atomic E-state index is 1.22. The molecule has 0 unspecified atom stereocenters. The molecule has 0 aliphatic rings. The SMILES string of the molecule is Cc1ccc(-c2cc3c4cc(-c5ccc(C)cc5)c(-c5ccc(C)cc5)cc4c4cc(-c5ccc(C)cc5)c(-c5ccc(C)cc5)cc4c3cc2-c2ccc(C)cc2)cc1. The molecule has 0 N–H and O–H groups in total. The maximum absolute atomic E-state index is 2.49. The van der Waals surface area contributed by atoms with Gasteiger partial charge < -0.3 is 0 Å². The van der Waals surface area contributed by atoms with Crippen LogP contribution in [0.25, 0.3) is 99.1 Å². The Kier molecular flexibility index (Phi) is 9.30. The second-order valence-electron chi connectivity index (χ2n) is 17.0. The Hall–Kier alpha value is -7.02. The number of hydrogen-bond donors (Lipinski definition) is 0. The first-order valence-corrected chi connectivity index (χ1v) is 21.1. The van der Waals surface area contributed by atoms with Crippen LogP contribution in [0.15, 0.2) is 182 Å². The van der Waals surface area contributed by atoms with Crippen LogP contribution < -0.4 is 0 Å². The van der Waals surface area contributed by atoms with Crippen LogP contribution in [0.2, 0.25) is 0 Å². The summed E-state index contributed by atoms with van der Waals surface area (Å²) in [4.78, 5) is 0. The maximum Gasteiger partial charge on any atom is -0.00921 e. The zero-order valence-corrected chi connectivity index (χ0v) is 35.3. The average molecular weight is 769 g/mol. The quantitative estimate of drug-likeness (QED) is 0.148. The molecule has 0 bridgehead atoms. The smallest absolute Gasteiger partial charge is 0.00921 e. The second-order valence-corrected chi connectivity index (χ2v) is 17.0. The lowest BCUT2D eigenvalue weighted by Crippen LogP contribution is -1.94. The van der Waals surface area contributed by atoms with Crippen LogP contribution in [0.3, 0.4) is 0 Å². The highest BCUT2D eigenvalue weighted by Gasteiger charge is 2.21. The van der Waals surface area contributed by atoms with E-state index in [2.05, 4.69) is 224 Å². The highest BCUT2D eigenvalue weighted by atomic mass is 14.2. The third kappa shape index (κ3) is 6.79. The van der Waals surface area contributed by atoms with Crippen molar-refractivity contribution in [3.63, 3.8) is 0 Å². The number of benzene rings is 10. The van der Waals surface area contributed by atoms with Gasteiger partial charge in [0.25, 0.3) is 0 Å². The first-order chi connectivity index (χ1) is 29.2. The topological polar surface area (TPSA) is 0 Å². The van der Waals surface area contributed by atoms with E-state index < -0.39 is 0 Å². The fraction of sp³-hybridized carbons (Fsp3) is 0.100. The van der Waals surface area contributed by atoms with Crippen molar-refractivity contribution in [1.82, 2.24) is 0 Å². The van der Waals surface area contributed by atoms with Crippen molar-refractivity contribution >= 4 is 32.3 Å². The maximum atomic E-state index is 2.49. The zero-order chi connectivity index (χ0) is 41.1. The molecule has 0 saturated carbocycles. The molecule has 0 radical (unpaired) electrons. The molecule has 0 heterocycles. The summed E-state index contributed by atoms with van der Waals surface area (Å²) in [5, 5.41) is 7.53. The molecule has 0 nitrogen and oxygen atoms in total. The predicted molar refractivity (Wildman–Crippen MR) is 260 cm³/mol. The Labute approximate surface area is 354 Å². The minimum Gasteiger partial charge on any atom is -0.0587 e. The zero-order valence-electron chi connectivity index (χ0n) is 35.3. The highest BCUT2D eigenvalue weighted by molar-refractivity contribution is 6.29. The molecule has 10 aromatic rings. The van der Waals surface area contributed by atoms with Gasteiger partial charge in [0.2, 0.25) is 0 Å². The molecule has 0 aliphatic heterocycles. The summed E-state index contributed by atoms with van der Waals surface area (Å²) in [6.45, 7) is 13.0. The standard InChI is InChI=1S/C60H48/c1-37-7-19-43(20-8-37)49-31-55-56(32-50(49)44-21-9-38(2)10-22-44)58-34-52(46-25-13-40(4)14-26-46)54(48-29-17-42(6)18-30-48)36-60(58)59-35-53(47-27-15-41(5)16-28-47)51(33-57(55)59)45-23-11-39(3)12-24-45/h7-36H,1-6H3. The molecule has 0 spiro atoms. The molecule has 0 aliphatic carbocycles. The van der Waals surface area contributed by atoms with E-state index in [0.717, 1.165) is 0 Å². The number of fused-ring (bicyclic) bond motifs is 6. The van der Waals surface area contributed by atoms with Gasteiger partial charge in [-0.1, -0.05) is 179 Å². The van der Waals surface area contributed by atoms with Crippen LogP contribution in [0.5, 0.6) is 0 Å². The van der Waals surface area contributed by atoms with E-state index in [1.54, 1.807) is 0 Å². The average Bonchev–Trinajstić information content (AvgIpc) is 3.27. The third-order valence-corrected chi connectivity index (χ3v) is 12.5. The second kappa shape index (κ2) is 15.0. The van der Waals surface area contributed by atoms with Crippen molar-refractivity contribution in [1.29, 1.82) is 0 Å². The summed E-state index contributed by atoms with van der Waals surface area (Å²) in [6.07, 6.45) is 0. The molecule has 288 valence electrons. The molecule has 0 heteroatoms. The normalized spacial score (nSPS) is 11.5. The Morgan fingerprint density at radius 3 is 0.400 bits per heavy atom. The van der Waals surface area contributed by atoms with Crippen molar-refractivity contribution in [3.05, 3.63) is 215 Å². The Morgan fingerprint density at radius 2 is 0.283 bits per heavy atom. The van der Waals surface area contributed by atoms with E-state index in [4.69, 9.17) is 0 Å². The predicted octanol–water partition coefficient (Wildman–Crippen LogP) is 17.0. The van der Waals surface area contributed by atoms with Crippen molar-refractivity contribution in [2.75, 3.05) is 0 Å². The summed E-state index contributed by atoms with van der Waals surface area (Å²) >= 11 is 0. The molecule has 0 aromatic heterocycles. The monoisotopic (exact) mass is 768 g/mol. The van der Waals surface area contributed by atoms with Gasteiger partial charge in [0, 0.05) is 0 Å². The Balaban J connectivity index is 1.41. The van der Waals surface area contributed by atoms with E-state index in [1.807, 2.05) is 0 Å². The van der Waals surface area contributed by atoms with Crippen molar-refractivity contribution in [2.45, 2.75) is 41.5 Å².